The first-order chi connectivity index (χ1) is 10.2. The highest BCUT2D eigenvalue weighted by Gasteiger charge is 2.21. The van der Waals surface area contributed by atoms with Gasteiger partial charge in [0.1, 0.15) is 5.82 Å². The van der Waals surface area contributed by atoms with E-state index in [4.69, 9.17) is 5.26 Å². The molecular formula is C16H16N4O. The maximum Gasteiger partial charge on any atom is 0.255 e. The SMILES string of the molecule is Cc1nc2c(c(=O)[nH]1)CN(Cc1ccccc1C#N)CC2. The van der Waals surface area contributed by atoms with Gasteiger partial charge in [-0.15, -0.1) is 0 Å². The highest BCUT2D eigenvalue weighted by molar-refractivity contribution is 5.37. The lowest BCUT2D eigenvalue weighted by molar-refractivity contribution is 0.241. The second-order valence-electron chi connectivity index (χ2n) is 5.31. The summed E-state index contributed by atoms with van der Waals surface area (Å²) < 4.78 is 0. The standard InChI is InChI=1S/C16H16N4O/c1-11-18-15-6-7-20(10-14(15)16(21)19-11)9-13-5-3-2-4-12(13)8-17/h2-5H,6-7,9-10H2,1H3,(H,18,19,21). The van der Waals surface area contributed by atoms with Crippen molar-refractivity contribution in [2.24, 2.45) is 0 Å². The molecule has 0 unspecified atom stereocenters. The number of aryl methyl sites for hydroxylation is 1. The van der Waals surface area contributed by atoms with Gasteiger partial charge in [0.15, 0.2) is 0 Å². The minimum Gasteiger partial charge on any atom is -0.310 e. The lowest BCUT2D eigenvalue weighted by atomic mass is 10.0. The summed E-state index contributed by atoms with van der Waals surface area (Å²) in [6.07, 6.45) is 0.773. The fourth-order valence-corrected chi connectivity index (χ4v) is 2.75. The zero-order chi connectivity index (χ0) is 14.8. The smallest absolute Gasteiger partial charge is 0.255 e. The molecule has 0 bridgehead atoms. The maximum absolute atomic E-state index is 12.0. The molecule has 0 spiro atoms. The quantitative estimate of drug-likeness (QED) is 0.905. The second-order valence-corrected chi connectivity index (χ2v) is 5.31. The van der Waals surface area contributed by atoms with E-state index in [0.717, 1.165) is 29.8 Å². The van der Waals surface area contributed by atoms with Crippen LogP contribution in [0.25, 0.3) is 0 Å². The molecule has 5 nitrogen and oxygen atoms in total. The average Bonchev–Trinajstić information content (AvgIpc) is 2.48. The van der Waals surface area contributed by atoms with Crippen molar-refractivity contribution in [3.8, 4) is 6.07 Å². The molecule has 0 atom stereocenters. The van der Waals surface area contributed by atoms with E-state index in [2.05, 4.69) is 20.9 Å². The van der Waals surface area contributed by atoms with Crippen molar-refractivity contribution in [1.29, 1.82) is 5.26 Å². The van der Waals surface area contributed by atoms with Gasteiger partial charge in [-0.3, -0.25) is 9.69 Å². The molecule has 0 amide bonds. The van der Waals surface area contributed by atoms with Crippen LogP contribution in [0, 0.1) is 18.3 Å². The van der Waals surface area contributed by atoms with Crippen molar-refractivity contribution in [2.45, 2.75) is 26.4 Å². The van der Waals surface area contributed by atoms with Crippen LogP contribution < -0.4 is 5.56 Å². The lowest BCUT2D eigenvalue weighted by Crippen LogP contribution is -2.35. The van der Waals surface area contributed by atoms with Gasteiger partial charge in [-0.2, -0.15) is 5.26 Å². The van der Waals surface area contributed by atoms with Gasteiger partial charge in [0.05, 0.1) is 22.9 Å². The van der Waals surface area contributed by atoms with Gasteiger partial charge < -0.3 is 4.98 Å². The van der Waals surface area contributed by atoms with Crippen LogP contribution in [-0.2, 0) is 19.5 Å². The molecule has 1 aliphatic heterocycles. The van der Waals surface area contributed by atoms with E-state index < -0.39 is 0 Å². The normalized spacial score (nSPS) is 14.5. The van der Waals surface area contributed by atoms with E-state index in [1.54, 1.807) is 6.92 Å². The van der Waals surface area contributed by atoms with Crippen LogP contribution in [0.3, 0.4) is 0 Å². The molecular weight excluding hydrogens is 264 g/mol. The molecule has 5 heteroatoms. The predicted octanol–water partition coefficient (Wildman–Crippen LogP) is 1.51. The lowest BCUT2D eigenvalue weighted by Gasteiger charge is -2.27. The molecule has 0 radical (unpaired) electrons. The predicted molar refractivity (Wildman–Crippen MR) is 78.6 cm³/mol. The summed E-state index contributed by atoms with van der Waals surface area (Å²) in [5.41, 5.74) is 3.30. The Morgan fingerprint density at radius 2 is 2.24 bits per heavy atom. The highest BCUT2D eigenvalue weighted by atomic mass is 16.1. The summed E-state index contributed by atoms with van der Waals surface area (Å²) in [6, 6.07) is 9.81. The Kier molecular flexibility index (Phi) is 3.55. The van der Waals surface area contributed by atoms with Gasteiger partial charge in [0.2, 0.25) is 0 Å². The number of nitrogens with one attached hydrogen (secondary N) is 1. The van der Waals surface area contributed by atoms with Crippen molar-refractivity contribution >= 4 is 0 Å². The molecule has 1 aliphatic rings. The van der Waals surface area contributed by atoms with Gasteiger partial charge in [-0.25, -0.2) is 4.98 Å². The first-order valence-corrected chi connectivity index (χ1v) is 6.96. The van der Waals surface area contributed by atoms with Gasteiger partial charge in [0, 0.05) is 26.1 Å². The van der Waals surface area contributed by atoms with Crippen molar-refractivity contribution in [2.75, 3.05) is 6.54 Å². The highest BCUT2D eigenvalue weighted by Crippen LogP contribution is 2.18. The second kappa shape index (κ2) is 5.51. The molecule has 3 rings (SSSR count). The van der Waals surface area contributed by atoms with Gasteiger partial charge in [-0.05, 0) is 18.6 Å². The van der Waals surface area contributed by atoms with Crippen LogP contribution in [0.5, 0.6) is 0 Å². The number of benzene rings is 1. The first-order valence-electron chi connectivity index (χ1n) is 6.96. The third-order valence-corrected chi connectivity index (χ3v) is 3.80. The number of nitrogens with zero attached hydrogens (tertiary/aromatic N) is 3. The largest absolute Gasteiger partial charge is 0.310 e. The number of rotatable bonds is 2. The third kappa shape index (κ3) is 2.71. The maximum atomic E-state index is 12.0. The molecule has 106 valence electrons. The van der Waals surface area contributed by atoms with Crippen LogP contribution in [-0.4, -0.2) is 21.4 Å². The Bertz CT molecular complexity index is 773. The Balaban J connectivity index is 1.84. The van der Waals surface area contributed by atoms with Crippen LogP contribution in [0.4, 0.5) is 0 Å². The molecule has 1 aromatic heterocycles. The molecule has 0 aliphatic carbocycles. The van der Waals surface area contributed by atoms with Crippen LogP contribution in [0.2, 0.25) is 0 Å². The monoisotopic (exact) mass is 280 g/mol. The third-order valence-electron chi connectivity index (χ3n) is 3.80. The Morgan fingerprint density at radius 3 is 3.05 bits per heavy atom. The van der Waals surface area contributed by atoms with Crippen molar-refractivity contribution < 1.29 is 0 Å². The summed E-state index contributed by atoms with van der Waals surface area (Å²) in [4.78, 5) is 21.4. The van der Waals surface area contributed by atoms with E-state index in [-0.39, 0.29) is 5.56 Å². The Hall–Kier alpha value is -2.45. The van der Waals surface area contributed by atoms with E-state index in [1.165, 1.54) is 0 Å². The zero-order valence-corrected chi connectivity index (χ0v) is 11.9. The number of aromatic amines is 1. The van der Waals surface area contributed by atoms with Crippen LogP contribution >= 0.6 is 0 Å². The zero-order valence-electron chi connectivity index (χ0n) is 11.9. The number of nitriles is 1. The molecule has 1 aromatic carbocycles. The van der Waals surface area contributed by atoms with Gasteiger partial charge in [0.25, 0.3) is 5.56 Å². The summed E-state index contributed by atoms with van der Waals surface area (Å²) in [6.45, 7) is 3.91. The molecule has 2 aromatic rings. The molecule has 21 heavy (non-hydrogen) atoms. The average molecular weight is 280 g/mol. The van der Waals surface area contributed by atoms with E-state index in [9.17, 15) is 4.79 Å². The Morgan fingerprint density at radius 1 is 1.43 bits per heavy atom. The van der Waals surface area contributed by atoms with Crippen molar-refractivity contribution in [3.05, 3.63) is 62.8 Å². The molecule has 1 N–H and O–H groups in total. The number of hydrogen-bond donors (Lipinski definition) is 1. The van der Waals surface area contributed by atoms with E-state index >= 15 is 0 Å². The molecule has 0 fully saturated rings. The first kappa shape index (κ1) is 13.5. The van der Waals surface area contributed by atoms with Gasteiger partial charge in [-0.1, -0.05) is 18.2 Å². The minimum atomic E-state index is -0.0456. The number of aromatic nitrogens is 2. The minimum absolute atomic E-state index is 0.0456. The summed E-state index contributed by atoms with van der Waals surface area (Å²) in [5.74, 6) is 0.669. The van der Waals surface area contributed by atoms with E-state index in [0.29, 0.717) is 24.5 Å². The number of H-pyrrole nitrogens is 1. The van der Waals surface area contributed by atoms with Crippen LogP contribution in [0.1, 0.15) is 28.2 Å². The summed E-state index contributed by atoms with van der Waals surface area (Å²) in [5, 5.41) is 9.15. The Labute approximate surface area is 122 Å². The number of hydrogen-bond acceptors (Lipinski definition) is 4. The van der Waals surface area contributed by atoms with Crippen molar-refractivity contribution in [3.63, 3.8) is 0 Å². The fourth-order valence-electron chi connectivity index (χ4n) is 2.75. The van der Waals surface area contributed by atoms with Gasteiger partial charge >= 0.3 is 0 Å². The summed E-state index contributed by atoms with van der Waals surface area (Å²) in [7, 11) is 0. The van der Waals surface area contributed by atoms with E-state index in [1.807, 2.05) is 24.3 Å². The topological polar surface area (TPSA) is 72.8 Å². The fraction of sp³-hybridized carbons (Fsp3) is 0.312. The molecule has 2 heterocycles. The van der Waals surface area contributed by atoms with Crippen molar-refractivity contribution in [1.82, 2.24) is 14.9 Å². The summed E-state index contributed by atoms with van der Waals surface area (Å²) >= 11 is 0. The molecule has 0 saturated carbocycles. The number of fused-ring (bicyclic) bond motifs is 1. The van der Waals surface area contributed by atoms with Crippen LogP contribution in [0.15, 0.2) is 29.1 Å². The molecule has 0 saturated heterocycles.